The molecule has 2 heterocycles. The normalized spacial score (nSPS) is 15.6. The number of nitrogens with one attached hydrogen (secondary N) is 1. The fourth-order valence-electron chi connectivity index (χ4n) is 3.29. The molecule has 1 aromatic carbocycles. The number of piperidine rings is 1. The van der Waals surface area contributed by atoms with E-state index in [1.165, 1.54) is 0 Å². The summed E-state index contributed by atoms with van der Waals surface area (Å²) < 4.78 is 0. The first-order valence-electron chi connectivity index (χ1n) is 8.90. The number of likely N-dealkylation sites (tertiary alicyclic amines) is 1. The van der Waals surface area contributed by atoms with E-state index >= 15 is 0 Å². The van der Waals surface area contributed by atoms with Crippen molar-refractivity contribution in [2.24, 2.45) is 5.92 Å². The van der Waals surface area contributed by atoms with E-state index in [9.17, 15) is 10.1 Å². The van der Waals surface area contributed by atoms with E-state index in [2.05, 4.69) is 27.2 Å². The molecule has 1 aliphatic rings. The van der Waals surface area contributed by atoms with Gasteiger partial charge < -0.3 is 16.0 Å². The Labute approximate surface area is 162 Å². The molecule has 1 aliphatic heterocycles. The molecule has 144 valence electrons. The lowest BCUT2D eigenvalue weighted by Crippen LogP contribution is -2.33. The minimum atomic E-state index is -0.456. The second kappa shape index (κ2) is 8.49. The molecule has 0 spiro atoms. The van der Waals surface area contributed by atoms with Gasteiger partial charge in [0, 0.05) is 18.0 Å². The highest BCUT2D eigenvalue weighted by Gasteiger charge is 2.26. The highest BCUT2D eigenvalue weighted by atomic mass is 35.5. The number of anilines is 2. The predicted molar refractivity (Wildman–Crippen MR) is 106 cm³/mol. The Bertz CT molecular complexity index is 823. The molecular formula is C18H23ClN6O2. The minimum absolute atomic E-state index is 0.00790. The summed E-state index contributed by atoms with van der Waals surface area (Å²) in [5, 5.41) is 15.4. The number of nitro groups is 1. The van der Waals surface area contributed by atoms with Crippen LogP contribution in [0, 0.1) is 16.0 Å². The van der Waals surface area contributed by atoms with Crippen LogP contribution in [0.1, 0.15) is 24.1 Å². The van der Waals surface area contributed by atoms with Crippen LogP contribution in [0.15, 0.2) is 24.3 Å². The van der Waals surface area contributed by atoms with Crippen LogP contribution in [0.5, 0.6) is 0 Å². The standard InChI is InChI=1S/C18H23ClN6O2/c1-24-8-6-12(7-9-24)11-21-17-16(25(26)27)15(22-18(20)23-17)10-13-4-2-3-5-14(13)19/h2-5,12H,6-11H2,1H3,(H3,20,21,22,23). The van der Waals surface area contributed by atoms with Crippen molar-refractivity contribution >= 4 is 29.1 Å². The number of hydrogen-bond acceptors (Lipinski definition) is 7. The number of halogens is 1. The second-order valence-corrected chi connectivity index (χ2v) is 7.29. The maximum Gasteiger partial charge on any atom is 0.333 e. The average molecular weight is 391 g/mol. The van der Waals surface area contributed by atoms with Crippen molar-refractivity contribution < 1.29 is 4.92 Å². The quantitative estimate of drug-likeness (QED) is 0.576. The molecule has 1 saturated heterocycles. The SMILES string of the molecule is CN1CCC(CNc2nc(N)nc(Cc3ccccc3Cl)c2[N+](=O)[O-])CC1. The third-order valence-corrected chi connectivity index (χ3v) is 5.24. The maximum absolute atomic E-state index is 11.7. The number of benzene rings is 1. The molecule has 27 heavy (non-hydrogen) atoms. The van der Waals surface area contributed by atoms with Crippen LogP contribution in [0.4, 0.5) is 17.5 Å². The number of nitrogen functional groups attached to an aromatic ring is 1. The predicted octanol–water partition coefficient (Wildman–Crippen LogP) is 2.96. The van der Waals surface area contributed by atoms with Gasteiger partial charge in [0.1, 0.15) is 5.69 Å². The maximum atomic E-state index is 11.7. The monoisotopic (exact) mass is 390 g/mol. The molecular weight excluding hydrogens is 368 g/mol. The topological polar surface area (TPSA) is 110 Å². The van der Waals surface area contributed by atoms with Crippen LogP contribution in [0.2, 0.25) is 5.02 Å². The third-order valence-electron chi connectivity index (χ3n) is 4.87. The van der Waals surface area contributed by atoms with Crippen LogP contribution in [-0.2, 0) is 6.42 Å². The van der Waals surface area contributed by atoms with E-state index in [1.54, 1.807) is 6.07 Å². The van der Waals surface area contributed by atoms with Gasteiger partial charge in [0.2, 0.25) is 11.8 Å². The molecule has 0 bridgehead atoms. The summed E-state index contributed by atoms with van der Waals surface area (Å²) in [7, 11) is 2.10. The molecule has 8 nitrogen and oxygen atoms in total. The van der Waals surface area contributed by atoms with E-state index in [4.69, 9.17) is 17.3 Å². The molecule has 0 unspecified atom stereocenters. The Kier molecular flexibility index (Phi) is 6.08. The minimum Gasteiger partial charge on any atom is -0.368 e. The lowest BCUT2D eigenvalue weighted by Gasteiger charge is -2.29. The number of nitrogens with zero attached hydrogens (tertiary/aromatic N) is 4. The highest BCUT2D eigenvalue weighted by Crippen LogP contribution is 2.30. The number of aromatic nitrogens is 2. The highest BCUT2D eigenvalue weighted by molar-refractivity contribution is 6.31. The van der Waals surface area contributed by atoms with Gasteiger partial charge in [-0.3, -0.25) is 10.1 Å². The molecule has 3 rings (SSSR count). The Hall–Kier alpha value is -2.45. The molecule has 3 N–H and O–H groups in total. The van der Waals surface area contributed by atoms with E-state index in [1.807, 2.05) is 18.2 Å². The van der Waals surface area contributed by atoms with Crippen molar-refractivity contribution in [3.05, 3.63) is 50.7 Å². The van der Waals surface area contributed by atoms with Gasteiger partial charge in [-0.1, -0.05) is 29.8 Å². The zero-order valence-electron chi connectivity index (χ0n) is 15.2. The zero-order chi connectivity index (χ0) is 19.4. The number of hydrogen-bond donors (Lipinski definition) is 2. The van der Waals surface area contributed by atoms with Crippen LogP contribution >= 0.6 is 11.6 Å². The van der Waals surface area contributed by atoms with Gasteiger partial charge in [-0.2, -0.15) is 4.98 Å². The average Bonchev–Trinajstić information content (AvgIpc) is 2.62. The Morgan fingerprint density at radius 1 is 1.33 bits per heavy atom. The zero-order valence-corrected chi connectivity index (χ0v) is 15.9. The number of rotatable bonds is 6. The second-order valence-electron chi connectivity index (χ2n) is 6.88. The van der Waals surface area contributed by atoms with Crippen molar-refractivity contribution in [1.29, 1.82) is 0 Å². The van der Waals surface area contributed by atoms with Crippen molar-refractivity contribution in [3.8, 4) is 0 Å². The number of nitrogens with two attached hydrogens (primary N) is 1. The first-order chi connectivity index (χ1) is 12.9. The summed E-state index contributed by atoms with van der Waals surface area (Å²) in [4.78, 5) is 21.8. The molecule has 1 aromatic heterocycles. The summed E-state index contributed by atoms with van der Waals surface area (Å²) in [6.07, 6.45) is 2.31. The van der Waals surface area contributed by atoms with Crippen molar-refractivity contribution in [2.75, 3.05) is 37.7 Å². The van der Waals surface area contributed by atoms with Gasteiger partial charge in [0.15, 0.2) is 0 Å². The van der Waals surface area contributed by atoms with E-state index in [0.29, 0.717) is 17.5 Å². The van der Waals surface area contributed by atoms with E-state index < -0.39 is 4.92 Å². The van der Waals surface area contributed by atoms with Gasteiger partial charge in [0.05, 0.1) is 4.92 Å². The largest absolute Gasteiger partial charge is 0.368 e. The van der Waals surface area contributed by atoms with Gasteiger partial charge in [-0.25, -0.2) is 4.98 Å². The molecule has 1 fully saturated rings. The van der Waals surface area contributed by atoms with Gasteiger partial charge >= 0.3 is 5.69 Å². The molecule has 0 amide bonds. The van der Waals surface area contributed by atoms with Crippen LogP contribution in [0.3, 0.4) is 0 Å². The molecule has 2 aromatic rings. The first kappa shape index (κ1) is 19.3. The van der Waals surface area contributed by atoms with Crippen LogP contribution in [0.25, 0.3) is 0 Å². The van der Waals surface area contributed by atoms with Gasteiger partial charge in [0.25, 0.3) is 0 Å². The first-order valence-corrected chi connectivity index (χ1v) is 9.28. The molecule has 0 aliphatic carbocycles. The Morgan fingerprint density at radius 3 is 2.70 bits per heavy atom. The fourth-order valence-corrected chi connectivity index (χ4v) is 3.49. The summed E-state index contributed by atoms with van der Waals surface area (Å²) in [6, 6.07) is 7.20. The van der Waals surface area contributed by atoms with Crippen LogP contribution in [-0.4, -0.2) is 46.5 Å². The van der Waals surface area contributed by atoms with E-state index in [0.717, 1.165) is 31.5 Å². The summed E-state index contributed by atoms with van der Waals surface area (Å²) in [6.45, 7) is 2.67. The molecule has 9 heteroatoms. The van der Waals surface area contributed by atoms with Crippen molar-refractivity contribution in [1.82, 2.24) is 14.9 Å². The molecule has 0 radical (unpaired) electrons. The molecule has 0 atom stereocenters. The van der Waals surface area contributed by atoms with Gasteiger partial charge in [-0.15, -0.1) is 0 Å². The van der Waals surface area contributed by atoms with Gasteiger partial charge in [-0.05, 0) is 50.5 Å². The fraction of sp³-hybridized carbons (Fsp3) is 0.444. The van der Waals surface area contributed by atoms with Crippen LogP contribution < -0.4 is 11.1 Å². The molecule has 0 saturated carbocycles. The Balaban J connectivity index is 1.84. The summed E-state index contributed by atoms with van der Waals surface area (Å²) >= 11 is 6.20. The lowest BCUT2D eigenvalue weighted by atomic mass is 9.97. The van der Waals surface area contributed by atoms with Crippen molar-refractivity contribution in [3.63, 3.8) is 0 Å². The lowest BCUT2D eigenvalue weighted by molar-refractivity contribution is -0.385. The van der Waals surface area contributed by atoms with Crippen molar-refractivity contribution in [2.45, 2.75) is 19.3 Å². The summed E-state index contributed by atoms with van der Waals surface area (Å²) in [5.41, 5.74) is 6.69. The summed E-state index contributed by atoms with van der Waals surface area (Å²) in [5.74, 6) is 0.631. The Morgan fingerprint density at radius 2 is 2.04 bits per heavy atom. The van der Waals surface area contributed by atoms with E-state index in [-0.39, 0.29) is 29.6 Å². The third kappa shape index (κ3) is 4.84. The smallest absolute Gasteiger partial charge is 0.333 e.